The zero-order valence-corrected chi connectivity index (χ0v) is 15.5. The largest absolute Gasteiger partial charge is 0.254 e. The Kier molecular flexibility index (Phi) is 3.28. The van der Waals surface area contributed by atoms with Gasteiger partial charge < -0.3 is 0 Å². The summed E-state index contributed by atoms with van der Waals surface area (Å²) in [5, 5.41) is 3.06. The molecule has 0 amide bonds. The molecule has 4 aromatic carbocycles. The molecule has 27 heavy (non-hydrogen) atoms. The molecule has 1 N–H and O–H groups in total. The van der Waals surface area contributed by atoms with Crippen molar-refractivity contribution >= 4 is 41.6 Å². The second kappa shape index (κ2) is 5.39. The molecule has 1 aliphatic heterocycles. The summed E-state index contributed by atoms with van der Waals surface area (Å²) in [6.45, 7) is 0. The van der Waals surface area contributed by atoms with Crippen LogP contribution in [0.15, 0.2) is 82.6 Å². The molecule has 0 spiro atoms. The van der Waals surface area contributed by atoms with Crippen molar-refractivity contribution in [1.29, 1.82) is 0 Å². The maximum absolute atomic E-state index is 12.9. The molecule has 1 heterocycles. The highest BCUT2D eigenvalue weighted by Gasteiger charge is 2.35. The molecule has 0 aromatic heterocycles. The van der Waals surface area contributed by atoms with E-state index in [0.29, 0.717) is 21.9 Å². The number of rotatable bonds is 0. The number of hydrogen-bond donors (Lipinski definition) is 1. The van der Waals surface area contributed by atoms with Crippen molar-refractivity contribution in [3.05, 3.63) is 72.8 Å². The van der Waals surface area contributed by atoms with Crippen LogP contribution in [0.4, 0.5) is 0 Å². The zero-order valence-electron chi connectivity index (χ0n) is 13.9. The van der Waals surface area contributed by atoms with E-state index in [-0.39, 0.29) is 9.79 Å². The van der Waals surface area contributed by atoms with Gasteiger partial charge in [0.1, 0.15) is 0 Å². The Balaban J connectivity index is 2.14. The van der Waals surface area contributed by atoms with E-state index in [9.17, 15) is 16.8 Å². The van der Waals surface area contributed by atoms with Gasteiger partial charge >= 0.3 is 0 Å². The van der Waals surface area contributed by atoms with E-state index < -0.39 is 20.0 Å². The van der Waals surface area contributed by atoms with Gasteiger partial charge in [0, 0.05) is 11.1 Å². The molecule has 0 saturated carbocycles. The Hall–Kier alpha value is -2.74. The average molecular weight is 395 g/mol. The minimum absolute atomic E-state index is 0.0418. The predicted molar refractivity (Wildman–Crippen MR) is 104 cm³/mol. The van der Waals surface area contributed by atoms with Crippen LogP contribution in [-0.4, -0.2) is 16.8 Å². The lowest BCUT2D eigenvalue weighted by Crippen LogP contribution is -2.29. The summed E-state index contributed by atoms with van der Waals surface area (Å²) in [7, 11) is -8.50. The summed E-state index contributed by atoms with van der Waals surface area (Å²) in [6.07, 6.45) is 0. The first-order valence-electron chi connectivity index (χ1n) is 8.21. The molecule has 0 aliphatic carbocycles. The molecule has 0 unspecified atom stereocenters. The summed E-state index contributed by atoms with van der Waals surface area (Å²) in [5.74, 6) is 0. The molecule has 0 radical (unpaired) electrons. The summed E-state index contributed by atoms with van der Waals surface area (Å²) >= 11 is 0. The van der Waals surface area contributed by atoms with Gasteiger partial charge in [-0.25, -0.2) is 16.8 Å². The van der Waals surface area contributed by atoms with Crippen molar-refractivity contribution < 1.29 is 16.8 Å². The summed E-state index contributed by atoms with van der Waals surface area (Å²) in [4.78, 5) is -0.0836. The van der Waals surface area contributed by atoms with E-state index in [1.165, 1.54) is 12.1 Å². The number of nitrogens with one attached hydrogen (secondary N) is 1. The maximum atomic E-state index is 12.9. The van der Waals surface area contributed by atoms with Gasteiger partial charge in [-0.3, -0.25) is 0 Å². The van der Waals surface area contributed by atoms with E-state index in [4.69, 9.17) is 0 Å². The fourth-order valence-electron chi connectivity index (χ4n) is 3.70. The van der Waals surface area contributed by atoms with Gasteiger partial charge in [-0.05, 0) is 33.7 Å². The first-order valence-corrected chi connectivity index (χ1v) is 11.2. The van der Waals surface area contributed by atoms with Crippen LogP contribution in [0.2, 0.25) is 0 Å². The minimum Gasteiger partial charge on any atom is -0.206 e. The summed E-state index contributed by atoms with van der Waals surface area (Å²) < 4.78 is 53.3. The van der Waals surface area contributed by atoms with Gasteiger partial charge in [0.25, 0.3) is 20.0 Å². The lowest BCUT2D eigenvalue weighted by atomic mass is 9.94. The minimum atomic E-state index is -4.25. The van der Waals surface area contributed by atoms with E-state index in [2.05, 4.69) is 0 Å². The van der Waals surface area contributed by atoms with Gasteiger partial charge in [0.05, 0.1) is 9.79 Å². The van der Waals surface area contributed by atoms with E-state index in [1.807, 2.05) is 52.7 Å². The predicted octanol–water partition coefficient (Wildman–Crippen LogP) is 3.64. The molecule has 5 nitrogen and oxygen atoms in total. The second-order valence-corrected chi connectivity index (χ2v) is 9.97. The quantitative estimate of drug-likeness (QED) is 0.493. The van der Waals surface area contributed by atoms with Crippen molar-refractivity contribution in [2.24, 2.45) is 0 Å². The van der Waals surface area contributed by atoms with E-state index in [1.54, 1.807) is 12.1 Å². The normalized spacial score (nSPS) is 17.2. The lowest BCUT2D eigenvalue weighted by Gasteiger charge is -2.14. The first kappa shape index (κ1) is 16.4. The third kappa shape index (κ3) is 2.32. The highest BCUT2D eigenvalue weighted by Crippen LogP contribution is 2.44. The van der Waals surface area contributed by atoms with Gasteiger partial charge in [-0.2, -0.15) is 0 Å². The molecule has 7 heteroatoms. The third-order valence-electron chi connectivity index (χ3n) is 4.83. The molecule has 4 aromatic rings. The van der Waals surface area contributed by atoms with Crippen molar-refractivity contribution in [3.63, 3.8) is 0 Å². The van der Waals surface area contributed by atoms with Crippen molar-refractivity contribution in [1.82, 2.24) is 4.13 Å². The number of fused-ring (bicyclic) bond motifs is 7. The smallest absolute Gasteiger partial charge is 0.206 e. The van der Waals surface area contributed by atoms with Crippen LogP contribution >= 0.6 is 0 Å². The molecule has 0 atom stereocenters. The van der Waals surface area contributed by atoms with Crippen LogP contribution in [-0.2, 0) is 20.0 Å². The molecule has 134 valence electrons. The van der Waals surface area contributed by atoms with Crippen molar-refractivity contribution in [2.45, 2.75) is 9.79 Å². The number of sulfonamides is 2. The number of benzene rings is 4. The SMILES string of the molecule is O=S1(=O)NS(=O)(=O)c2ccc3ccccc3c2-c2c1ccc1ccccc21. The fraction of sp³-hybridized carbons (Fsp3) is 0. The maximum Gasteiger partial charge on any atom is 0.254 e. The topological polar surface area (TPSA) is 80.3 Å². The van der Waals surface area contributed by atoms with Crippen LogP contribution in [0.3, 0.4) is 0 Å². The zero-order chi connectivity index (χ0) is 18.8. The summed E-state index contributed by atoms with van der Waals surface area (Å²) in [5.41, 5.74) is 0.821. The van der Waals surface area contributed by atoms with Gasteiger partial charge in [-0.15, -0.1) is 4.13 Å². The van der Waals surface area contributed by atoms with E-state index >= 15 is 0 Å². The Bertz CT molecular complexity index is 1360. The Morgan fingerprint density at radius 2 is 0.926 bits per heavy atom. The molecule has 0 bridgehead atoms. The van der Waals surface area contributed by atoms with Gasteiger partial charge in [0.15, 0.2) is 0 Å². The average Bonchev–Trinajstić information content (AvgIpc) is 2.72. The third-order valence-corrected chi connectivity index (χ3v) is 8.42. The van der Waals surface area contributed by atoms with Crippen molar-refractivity contribution in [3.8, 4) is 11.1 Å². The molecular formula is C20H13NO4S2. The Labute approximate surface area is 156 Å². The van der Waals surface area contributed by atoms with Crippen LogP contribution in [0, 0.1) is 0 Å². The van der Waals surface area contributed by atoms with E-state index in [0.717, 1.165) is 10.8 Å². The van der Waals surface area contributed by atoms with Crippen LogP contribution in [0.1, 0.15) is 0 Å². The molecule has 5 rings (SSSR count). The van der Waals surface area contributed by atoms with Gasteiger partial charge in [-0.1, -0.05) is 60.7 Å². The van der Waals surface area contributed by atoms with Crippen LogP contribution < -0.4 is 4.13 Å². The molecule has 1 aliphatic rings. The summed E-state index contributed by atoms with van der Waals surface area (Å²) in [6, 6.07) is 21.0. The molecule has 0 saturated heterocycles. The first-order chi connectivity index (χ1) is 12.9. The highest BCUT2D eigenvalue weighted by molar-refractivity contribution is 8.05. The monoisotopic (exact) mass is 395 g/mol. The van der Waals surface area contributed by atoms with Crippen molar-refractivity contribution in [2.75, 3.05) is 0 Å². The Morgan fingerprint density at radius 1 is 0.519 bits per heavy atom. The van der Waals surface area contributed by atoms with Gasteiger partial charge in [0.2, 0.25) is 0 Å². The fourth-order valence-corrected chi connectivity index (χ4v) is 7.03. The number of hydrogen-bond acceptors (Lipinski definition) is 4. The van der Waals surface area contributed by atoms with Crippen LogP contribution in [0.25, 0.3) is 32.7 Å². The molecule has 0 fully saturated rings. The lowest BCUT2D eigenvalue weighted by molar-refractivity contribution is 0.578. The standard InChI is InChI=1S/C20H13NO4S2/c22-26(23)17-11-9-13-5-1-3-7-15(13)19(17)20-16-8-4-2-6-14(16)10-12-18(20)27(24,25)21-26/h1-12,21H. The Morgan fingerprint density at radius 3 is 1.37 bits per heavy atom. The van der Waals surface area contributed by atoms with Crippen LogP contribution in [0.5, 0.6) is 0 Å². The second-order valence-electron chi connectivity index (χ2n) is 6.41. The molecular weight excluding hydrogens is 382 g/mol. The highest BCUT2D eigenvalue weighted by atomic mass is 32.3.